The Balaban J connectivity index is 1.52. The molecule has 130 valence electrons. The fourth-order valence-corrected chi connectivity index (χ4v) is 3.94. The van der Waals surface area contributed by atoms with Crippen LogP contribution in [0.4, 0.5) is 5.13 Å². The van der Waals surface area contributed by atoms with Crippen molar-refractivity contribution in [2.45, 2.75) is 26.7 Å². The molecule has 0 unspecified atom stereocenters. The first kappa shape index (κ1) is 17.0. The number of thiazole rings is 1. The van der Waals surface area contributed by atoms with Gasteiger partial charge >= 0.3 is 0 Å². The highest BCUT2D eigenvalue weighted by Gasteiger charge is 2.24. The maximum Gasteiger partial charge on any atom is 0.274 e. The molecule has 6 nitrogen and oxygen atoms in total. The van der Waals surface area contributed by atoms with Crippen molar-refractivity contribution in [2.75, 3.05) is 31.6 Å². The van der Waals surface area contributed by atoms with E-state index in [9.17, 15) is 4.79 Å². The van der Waals surface area contributed by atoms with E-state index in [1.54, 1.807) is 16.0 Å². The molecular weight excluding hydrogens is 322 g/mol. The Morgan fingerprint density at radius 3 is 2.62 bits per heavy atom. The number of carbonyl (C=O) groups excluding carboxylic acids is 1. The van der Waals surface area contributed by atoms with Crippen LogP contribution in [0.3, 0.4) is 0 Å². The van der Waals surface area contributed by atoms with Crippen LogP contribution in [0.25, 0.3) is 0 Å². The third-order valence-electron chi connectivity index (χ3n) is 4.71. The first-order valence-electron chi connectivity index (χ1n) is 8.37. The molecule has 1 aliphatic rings. The second-order valence-electron chi connectivity index (χ2n) is 6.66. The van der Waals surface area contributed by atoms with Crippen LogP contribution < -0.4 is 4.90 Å². The van der Waals surface area contributed by atoms with Crippen molar-refractivity contribution in [1.82, 2.24) is 19.7 Å². The van der Waals surface area contributed by atoms with Gasteiger partial charge in [-0.2, -0.15) is 5.10 Å². The largest absolute Gasteiger partial charge is 0.348 e. The fraction of sp³-hybridized carbons (Fsp3) is 0.588. The van der Waals surface area contributed by atoms with Gasteiger partial charge in [-0.15, -0.1) is 11.3 Å². The summed E-state index contributed by atoms with van der Waals surface area (Å²) >= 11 is 1.75. The Bertz CT molecular complexity index is 695. The zero-order chi connectivity index (χ0) is 17.3. The third kappa shape index (κ3) is 3.61. The van der Waals surface area contributed by atoms with Gasteiger partial charge in [0.25, 0.3) is 5.91 Å². The number of rotatable bonds is 4. The van der Waals surface area contributed by atoms with Crippen molar-refractivity contribution in [1.29, 1.82) is 0 Å². The van der Waals surface area contributed by atoms with E-state index in [0.29, 0.717) is 11.6 Å². The maximum atomic E-state index is 12.5. The van der Waals surface area contributed by atoms with Crippen molar-refractivity contribution < 1.29 is 4.79 Å². The van der Waals surface area contributed by atoms with Crippen LogP contribution in [0.2, 0.25) is 0 Å². The molecule has 7 heteroatoms. The lowest BCUT2D eigenvalue weighted by atomic mass is 9.96. The normalized spacial score (nSPS) is 15.8. The van der Waals surface area contributed by atoms with Crippen LogP contribution in [0.5, 0.6) is 0 Å². The first-order valence-corrected chi connectivity index (χ1v) is 9.19. The number of aryl methyl sites for hydroxylation is 3. The average Bonchev–Trinajstić information content (AvgIpc) is 3.13. The number of anilines is 1. The highest BCUT2D eigenvalue weighted by atomic mass is 32.1. The molecule has 1 saturated heterocycles. The van der Waals surface area contributed by atoms with Crippen molar-refractivity contribution in [3.63, 3.8) is 0 Å². The van der Waals surface area contributed by atoms with Crippen LogP contribution in [0, 0.1) is 19.8 Å². The Hall–Kier alpha value is -1.89. The lowest BCUT2D eigenvalue weighted by molar-refractivity contribution is 0.0758. The van der Waals surface area contributed by atoms with Crippen LogP contribution in [-0.2, 0) is 7.05 Å². The molecule has 2 aromatic heterocycles. The molecule has 0 radical (unpaired) electrons. The van der Waals surface area contributed by atoms with E-state index >= 15 is 0 Å². The fourth-order valence-electron chi connectivity index (χ4n) is 3.13. The molecule has 24 heavy (non-hydrogen) atoms. The summed E-state index contributed by atoms with van der Waals surface area (Å²) < 4.78 is 1.75. The summed E-state index contributed by atoms with van der Waals surface area (Å²) in [6, 6.07) is 1.85. The lowest BCUT2D eigenvalue weighted by Gasteiger charge is -2.33. The van der Waals surface area contributed by atoms with E-state index in [1.807, 2.05) is 38.2 Å². The first-order chi connectivity index (χ1) is 11.4. The van der Waals surface area contributed by atoms with Crippen LogP contribution in [-0.4, -0.2) is 52.3 Å². The highest BCUT2D eigenvalue weighted by Crippen LogP contribution is 2.27. The number of hydrogen-bond acceptors (Lipinski definition) is 5. The second-order valence-corrected chi connectivity index (χ2v) is 7.88. The smallest absolute Gasteiger partial charge is 0.274 e. The monoisotopic (exact) mass is 347 g/mol. The molecule has 1 aliphatic heterocycles. The van der Waals surface area contributed by atoms with Gasteiger partial charge in [0.1, 0.15) is 0 Å². The molecule has 0 N–H and O–H groups in total. The Kier molecular flexibility index (Phi) is 4.89. The molecule has 0 saturated carbocycles. The number of hydrogen-bond donors (Lipinski definition) is 0. The molecule has 3 heterocycles. The topological polar surface area (TPSA) is 54.3 Å². The van der Waals surface area contributed by atoms with Crippen molar-refractivity contribution in [2.24, 2.45) is 13.0 Å². The van der Waals surface area contributed by atoms with E-state index in [2.05, 4.69) is 21.9 Å². The minimum atomic E-state index is 0.0108. The van der Waals surface area contributed by atoms with E-state index in [1.165, 1.54) is 4.88 Å². The number of amides is 1. The summed E-state index contributed by atoms with van der Waals surface area (Å²) in [5, 5.41) is 5.41. The van der Waals surface area contributed by atoms with Gasteiger partial charge in [-0.05, 0) is 38.7 Å². The summed E-state index contributed by atoms with van der Waals surface area (Å²) in [7, 11) is 3.74. The van der Waals surface area contributed by atoms with Gasteiger partial charge in [-0.1, -0.05) is 0 Å². The number of piperidine rings is 1. The molecule has 0 spiro atoms. The van der Waals surface area contributed by atoms with Gasteiger partial charge in [-0.25, -0.2) is 4.98 Å². The number of nitrogens with zero attached hydrogens (tertiary/aromatic N) is 5. The molecule has 1 fully saturated rings. The summed E-state index contributed by atoms with van der Waals surface area (Å²) in [5.74, 6) is 0.553. The molecule has 0 aromatic carbocycles. The Morgan fingerprint density at radius 1 is 1.38 bits per heavy atom. The van der Waals surface area contributed by atoms with Gasteiger partial charge in [0, 0.05) is 50.5 Å². The molecule has 0 atom stereocenters. The summed E-state index contributed by atoms with van der Waals surface area (Å²) in [5.41, 5.74) is 1.53. The van der Waals surface area contributed by atoms with Gasteiger partial charge in [0.05, 0.1) is 0 Å². The van der Waals surface area contributed by atoms with Gasteiger partial charge < -0.3 is 9.80 Å². The minimum Gasteiger partial charge on any atom is -0.348 e. The summed E-state index contributed by atoms with van der Waals surface area (Å²) in [6.07, 6.45) is 4.13. The van der Waals surface area contributed by atoms with E-state index in [0.717, 1.165) is 43.3 Å². The minimum absolute atomic E-state index is 0.0108. The molecule has 0 bridgehead atoms. The zero-order valence-electron chi connectivity index (χ0n) is 14.8. The van der Waals surface area contributed by atoms with Gasteiger partial charge in [0.2, 0.25) is 0 Å². The average molecular weight is 347 g/mol. The maximum absolute atomic E-state index is 12.5. The van der Waals surface area contributed by atoms with Gasteiger partial charge in [0.15, 0.2) is 10.8 Å². The predicted molar refractivity (Wildman–Crippen MR) is 96.7 cm³/mol. The van der Waals surface area contributed by atoms with Crippen molar-refractivity contribution in [3.05, 3.63) is 28.5 Å². The molecule has 2 aromatic rings. The standard InChI is InChI=1S/C17H25N5OS/c1-12-9-15(19-21(12)4)16(23)20(3)11-14-5-7-22(8-6-14)17-18-10-13(2)24-17/h9-10,14H,5-8,11H2,1-4H3. The molecular formula is C17H25N5OS. The molecule has 1 amide bonds. The third-order valence-corrected chi connectivity index (χ3v) is 5.68. The SMILES string of the molecule is Cc1cnc(N2CCC(CN(C)C(=O)c3cc(C)n(C)n3)CC2)s1. The summed E-state index contributed by atoms with van der Waals surface area (Å²) in [4.78, 5) is 22.4. The number of carbonyl (C=O) groups is 1. The Morgan fingerprint density at radius 2 is 2.08 bits per heavy atom. The predicted octanol–water partition coefficient (Wildman–Crippen LogP) is 2.48. The van der Waals surface area contributed by atoms with Crippen molar-refractivity contribution in [3.8, 4) is 0 Å². The Labute approximate surface area is 147 Å². The number of aromatic nitrogens is 3. The zero-order valence-corrected chi connectivity index (χ0v) is 15.6. The molecule has 0 aliphatic carbocycles. The van der Waals surface area contributed by atoms with Crippen molar-refractivity contribution >= 4 is 22.4 Å². The quantitative estimate of drug-likeness (QED) is 0.853. The summed E-state index contributed by atoms with van der Waals surface area (Å²) in [6.45, 7) is 6.87. The lowest BCUT2D eigenvalue weighted by Crippen LogP contribution is -2.39. The van der Waals surface area contributed by atoms with Gasteiger partial charge in [-0.3, -0.25) is 9.48 Å². The van der Waals surface area contributed by atoms with Crippen LogP contribution in [0.15, 0.2) is 12.3 Å². The van der Waals surface area contributed by atoms with E-state index < -0.39 is 0 Å². The second kappa shape index (κ2) is 6.93. The van der Waals surface area contributed by atoms with Crippen LogP contribution in [0.1, 0.15) is 33.9 Å². The van der Waals surface area contributed by atoms with E-state index in [4.69, 9.17) is 0 Å². The van der Waals surface area contributed by atoms with Crippen LogP contribution >= 0.6 is 11.3 Å². The van der Waals surface area contributed by atoms with E-state index in [-0.39, 0.29) is 5.91 Å². The highest BCUT2D eigenvalue weighted by molar-refractivity contribution is 7.15. The molecule has 3 rings (SSSR count).